The van der Waals surface area contributed by atoms with Crippen LogP contribution in [0.1, 0.15) is 27.2 Å². The van der Waals surface area contributed by atoms with E-state index in [1.165, 1.54) is 18.3 Å². The Kier molecular flexibility index (Phi) is 6.03. The Labute approximate surface area is 179 Å². The summed E-state index contributed by atoms with van der Waals surface area (Å²) in [6, 6.07) is 17.4. The van der Waals surface area contributed by atoms with Crippen LogP contribution in [0, 0.1) is 12.7 Å². The van der Waals surface area contributed by atoms with Crippen molar-refractivity contribution in [3.8, 4) is 11.4 Å². The van der Waals surface area contributed by atoms with Gasteiger partial charge >= 0.3 is 0 Å². The van der Waals surface area contributed by atoms with Crippen molar-refractivity contribution in [2.45, 2.75) is 20.1 Å². The van der Waals surface area contributed by atoms with E-state index in [-0.39, 0.29) is 11.7 Å². The largest absolute Gasteiger partial charge is 0.489 e. The molecule has 0 aliphatic rings. The Morgan fingerprint density at radius 2 is 1.81 bits per heavy atom. The van der Waals surface area contributed by atoms with Crippen LogP contribution < -0.4 is 10.1 Å². The number of benzene rings is 2. The lowest BCUT2D eigenvalue weighted by atomic mass is 10.2. The van der Waals surface area contributed by atoms with Crippen LogP contribution in [-0.2, 0) is 13.2 Å². The molecule has 2 aromatic heterocycles. The molecule has 0 radical (unpaired) electrons. The van der Waals surface area contributed by atoms with E-state index in [1.807, 2.05) is 36.4 Å². The molecule has 4 aromatic rings. The molecule has 0 saturated carbocycles. The first kappa shape index (κ1) is 20.3. The van der Waals surface area contributed by atoms with Crippen LogP contribution in [-0.4, -0.2) is 20.7 Å². The Morgan fingerprint density at radius 1 is 1.03 bits per heavy atom. The molecule has 31 heavy (non-hydrogen) atoms. The molecule has 2 heterocycles. The molecule has 7 heteroatoms. The maximum Gasteiger partial charge on any atom is 0.255 e. The van der Waals surface area contributed by atoms with Gasteiger partial charge in [0.15, 0.2) is 0 Å². The number of carbonyl (C=O) groups is 1. The summed E-state index contributed by atoms with van der Waals surface area (Å²) in [4.78, 5) is 16.7. The number of pyridine rings is 1. The topological polar surface area (TPSA) is 69.0 Å². The molecule has 0 fully saturated rings. The number of aromatic nitrogens is 3. The highest BCUT2D eigenvalue weighted by Gasteiger charge is 2.15. The summed E-state index contributed by atoms with van der Waals surface area (Å²) in [5.74, 6) is 0.207. The molecule has 0 saturated heterocycles. The summed E-state index contributed by atoms with van der Waals surface area (Å²) in [6.45, 7) is 2.63. The van der Waals surface area contributed by atoms with Crippen molar-refractivity contribution < 1.29 is 13.9 Å². The van der Waals surface area contributed by atoms with Crippen molar-refractivity contribution in [1.29, 1.82) is 0 Å². The van der Waals surface area contributed by atoms with E-state index in [1.54, 1.807) is 36.1 Å². The molecule has 1 amide bonds. The second kappa shape index (κ2) is 9.21. The number of halogens is 1. The molecular formula is C24H21FN4O2. The van der Waals surface area contributed by atoms with E-state index in [0.29, 0.717) is 30.1 Å². The lowest BCUT2D eigenvalue weighted by molar-refractivity contribution is 0.0950. The summed E-state index contributed by atoms with van der Waals surface area (Å²) in [5, 5.41) is 7.17. The number of nitrogens with zero attached hydrogens (tertiary/aromatic N) is 3. The standard InChI is InChI=1S/C24H21FN4O2/c1-17-23(15-28-29(17)21-8-6-20(25)7-9-21)24(30)27-14-18-4-10-22(11-5-18)31-16-19-3-2-12-26-13-19/h2-13,15H,14,16H2,1H3,(H,27,30). The molecule has 0 unspecified atom stereocenters. The van der Waals surface area contributed by atoms with Gasteiger partial charge in [-0.2, -0.15) is 5.10 Å². The first-order valence-electron chi connectivity index (χ1n) is 9.79. The normalized spacial score (nSPS) is 10.6. The van der Waals surface area contributed by atoms with E-state index in [2.05, 4.69) is 15.4 Å². The minimum absolute atomic E-state index is 0.220. The summed E-state index contributed by atoms with van der Waals surface area (Å²) >= 11 is 0. The second-order valence-corrected chi connectivity index (χ2v) is 7.01. The van der Waals surface area contributed by atoms with Crippen molar-refractivity contribution in [2.75, 3.05) is 0 Å². The van der Waals surface area contributed by atoms with Gasteiger partial charge in [0.25, 0.3) is 5.91 Å². The average molecular weight is 416 g/mol. The number of nitrogens with one attached hydrogen (secondary N) is 1. The number of amides is 1. The highest BCUT2D eigenvalue weighted by atomic mass is 19.1. The van der Waals surface area contributed by atoms with Gasteiger partial charge in [-0.3, -0.25) is 9.78 Å². The zero-order chi connectivity index (χ0) is 21.6. The first-order chi connectivity index (χ1) is 15.1. The van der Waals surface area contributed by atoms with Gasteiger partial charge in [0.05, 0.1) is 23.1 Å². The fraction of sp³-hybridized carbons (Fsp3) is 0.125. The lowest BCUT2D eigenvalue weighted by Gasteiger charge is -2.09. The van der Waals surface area contributed by atoms with Crippen LogP contribution in [0.15, 0.2) is 79.3 Å². The highest BCUT2D eigenvalue weighted by Crippen LogP contribution is 2.16. The zero-order valence-electron chi connectivity index (χ0n) is 17.0. The average Bonchev–Trinajstić information content (AvgIpc) is 3.19. The van der Waals surface area contributed by atoms with E-state index in [4.69, 9.17) is 4.74 Å². The molecule has 4 rings (SSSR count). The second-order valence-electron chi connectivity index (χ2n) is 7.01. The fourth-order valence-electron chi connectivity index (χ4n) is 3.11. The summed E-state index contributed by atoms with van der Waals surface area (Å²) in [6.07, 6.45) is 5.01. The predicted molar refractivity (Wildman–Crippen MR) is 114 cm³/mol. The Hall–Kier alpha value is -4.00. The van der Waals surface area contributed by atoms with Crippen LogP contribution in [0.25, 0.3) is 5.69 Å². The molecule has 0 spiro atoms. The van der Waals surface area contributed by atoms with Gasteiger partial charge in [-0.05, 0) is 55.0 Å². The van der Waals surface area contributed by atoms with Crippen molar-refractivity contribution in [2.24, 2.45) is 0 Å². The lowest BCUT2D eigenvalue weighted by Crippen LogP contribution is -2.23. The van der Waals surface area contributed by atoms with Gasteiger partial charge in [-0.25, -0.2) is 9.07 Å². The van der Waals surface area contributed by atoms with Crippen LogP contribution in [0.3, 0.4) is 0 Å². The van der Waals surface area contributed by atoms with Crippen LogP contribution >= 0.6 is 0 Å². The minimum Gasteiger partial charge on any atom is -0.489 e. The number of hydrogen-bond donors (Lipinski definition) is 1. The highest BCUT2D eigenvalue weighted by molar-refractivity contribution is 5.95. The molecule has 1 N–H and O–H groups in total. The van der Waals surface area contributed by atoms with E-state index in [9.17, 15) is 9.18 Å². The van der Waals surface area contributed by atoms with Crippen molar-refractivity contribution in [1.82, 2.24) is 20.1 Å². The van der Waals surface area contributed by atoms with Crippen molar-refractivity contribution in [3.63, 3.8) is 0 Å². The molecule has 0 bridgehead atoms. The van der Waals surface area contributed by atoms with Gasteiger partial charge in [-0.1, -0.05) is 18.2 Å². The van der Waals surface area contributed by atoms with E-state index < -0.39 is 0 Å². The number of carbonyl (C=O) groups excluding carboxylic acids is 1. The van der Waals surface area contributed by atoms with Gasteiger partial charge in [0, 0.05) is 24.5 Å². The number of rotatable bonds is 7. The summed E-state index contributed by atoms with van der Waals surface area (Å²) in [5.41, 5.74) is 3.80. The molecule has 2 aromatic carbocycles. The Bertz CT molecular complexity index is 1160. The SMILES string of the molecule is Cc1c(C(=O)NCc2ccc(OCc3cccnc3)cc2)cnn1-c1ccc(F)cc1. The molecule has 0 aliphatic heterocycles. The van der Waals surface area contributed by atoms with Crippen molar-refractivity contribution >= 4 is 5.91 Å². The third-order valence-electron chi connectivity index (χ3n) is 4.83. The summed E-state index contributed by atoms with van der Waals surface area (Å²) < 4.78 is 20.5. The van der Waals surface area contributed by atoms with Crippen molar-refractivity contribution in [3.05, 3.63) is 107 Å². The predicted octanol–water partition coefficient (Wildman–Crippen LogP) is 4.22. The maximum atomic E-state index is 13.1. The van der Waals surface area contributed by atoms with Gasteiger partial charge in [-0.15, -0.1) is 0 Å². The van der Waals surface area contributed by atoms with Gasteiger partial charge < -0.3 is 10.1 Å². The molecule has 0 aliphatic carbocycles. The van der Waals surface area contributed by atoms with Crippen LogP contribution in [0.2, 0.25) is 0 Å². The fourth-order valence-corrected chi connectivity index (χ4v) is 3.11. The quantitative estimate of drug-likeness (QED) is 0.490. The zero-order valence-corrected chi connectivity index (χ0v) is 17.0. The number of ether oxygens (including phenoxy) is 1. The molecular weight excluding hydrogens is 395 g/mol. The molecule has 156 valence electrons. The Balaban J connectivity index is 1.34. The Morgan fingerprint density at radius 3 is 2.52 bits per heavy atom. The minimum atomic E-state index is -0.319. The number of hydrogen-bond acceptors (Lipinski definition) is 4. The van der Waals surface area contributed by atoms with Gasteiger partial charge in [0.1, 0.15) is 18.2 Å². The molecule has 0 atom stereocenters. The van der Waals surface area contributed by atoms with Crippen LogP contribution in [0.4, 0.5) is 4.39 Å². The smallest absolute Gasteiger partial charge is 0.255 e. The third-order valence-corrected chi connectivity index (χ3v) is 4.83. The molecule has 6 nitrogen and oxygen atoms in total. The monoisotopic (exact) mass is 416 g/mol. The maximum absolute atomic E-state index is 13.1. The van der Waals surface area contributed by atoms with Gasteiger partial charge in [0.2, 0.25) is 0 Å². The summed E-state index contributed by atoms with van der Waals surface area (Å²) in [7, 11) is 0. The van der Waals surface area contributed by atoms with E-state index >= 15 is 0 Å². The third kappa shape index (κ3) is 4.95. The van der Waals surface area contributed by atoms with E-state index in [0.717, 1.165) is 16.9 Å². The van der Waals surface area contributed by atoms with Crippen LogP contribution in [0.5, 0.6) is 5.75 Å². The first-order valence-corrected chi connectivity index (χ1v) is 9.79.